The van der Waals surface area contributed by atoms with Crippen LogP contribution >= 0.6 is 0 Å². The summed E-state index contributed by atoms with van der Waals surface area (Å²) in [6, 6.07) is 8.93. The Balaban J connectivity index is 2.44. The van der Waals surface area contributed by atoms with Crippen LogP contribution in [-0.4, -0.2) is 5.11 Å². The minimum atomic E-state index is -4.72. The van der Waals surface area contributed by atoms with Gasteiger partial charge in [-0.05, 0) is 35.2 Å². The predicted octanol–water partition coefficient (Wildman–Crippen LogP) is 4.49. The number of halogens is 4. The molecule has 2 rings (SSSR count). The Kier molecular flexibility index (Phi) is 4.32. The Labute approximate surface area is 119 Å². The normalized spacial score (nSPS) is 13.2. The number of hydrogen-bond acceptors (Lipinski definition) is 1. The molecule has 0 saturated heterocycles. The van der Waals surface area contributed by atoms with Crippen molar-refractivity contribution in [2.75, 3.05) is 0 Å². The lowest BCUT2D eigenvalue weighted by molar-refractivity contribution is -0.139. The Hall–Kier alpha value is -1.88. The molecule has 1 unspecified atom stereocenters. The van der Waals surface area contributed by atoms with Gasteiger partial charge in [-0.3, -0.25) is 0 Å². The van der Waals surface area contributed by atoms with E-state index in [1.165, 1.54) is 0 Å². The second-order valence-corrected chi connectivity index (χ2v) is 4.73. The first-order valence-electron chi connectivity index (χ1n) is 6.46. The molecule has 0 saturated carbocycles. The lowest BCUT2D eigenvalue weighted by Crippen LogP contribution is -2.13. The second-order valence-electron chi connectivity index (χ2n) is 4.73. The number of aliphatic hydroxyl groups excluding tert-OH is 1. The van der Waals surface area contributed by atoms with Crippen molar-refractivity contribution >= 4 is 0 Å². The van der Waals surface area contributed by atoms with E-state index in [1.807, 2.05) is 6.92 Å². The molecule has 1 atom stereocenters. The zero-order valence-electron chi connectivity index (χ0n) is 11.3. The minimum Gasteiger partial charge on any atom is -0.384 e. The van der Waals surface area contributed by atoms with Crippen LogP contribution in [0.2, 0.25) is 0 Å². The first-order chi connectivity index (χ1) is 9.82. The summed E-state index contributed by atoms with van der Waals surface area (Å²) in [5.41, 5.74) is -0.159. The smallest absolute Gasteiger partial charge is 0.384 e. The van der Waals surface area contributed by atoms with Crippen LogP contribution < -0.4 is 0 Å². The van der Waals surface area contributed by atoms with E-state index in [-0.39, 0.29) is 5.56 Å². The van der Waals surface area contributed by atoms with Crippen LogP contribution in [0.1, 0.15) is 35.3 Å². The van der Waals surface area contributed by atoms with Crippen molar-refractivity contribution in [1.29, 1.82) is 0 Å². The van der Waals surface area contributed by atoms with Crippen molar-refractivity contribution in [2.24, 2.45) is 0 Å². The van der Waals surface area contributed by atoms with E-state index >= 15 is 0 Å². The van der Waals surface area contributed by atoms with E-state index in [0.717, 1.165) is 24.1 Å². The lowest BCUT2D eigenvalue weighted by Gasteiger charge is -2.18. The van der Waals surface area contributed by atoms with Gasteiger partial charge in [0.05, 0.1) is 5.56 Å². The van der Waals surface area contributed by atoms with Crippen LogP contribution in [0.4, 0.5) is 17.6 Å². The molecule has 2 aromatic carbocycles. The number of aliphatic hydroxyl groups is 1. The second kappa shape index (κ2) is 5.85. The van der Waals surface area contributed by atoms with Crippen molar-refractivity contribution in [3.05, 3.63) is 70.5 Å². The fourth-order valence-corrected chi connectivity index (χ4v) is 2.13. The first-order valence-corrected chi connectivity index (χ1v) is 6.46. The highest BCUT2D eigenvalue weighted by Crippen LogP contribution is 2.37. The third-order valence-corrected chi connectivity index (χ3v) is 3.32. The number of alkyl halides is 3. The predicted molar refractivity (Wildman–Crippen MR) is 71.3 cm³/mol. The van der Waals surface area contributed by atoms with Gasteiger partial charge in [-0.25, -0.2) is 4.39 Å². The molecule has 0 aromatic heterocycles. The molecule has 0 aliphatic rings. The van der Waals surface area contributed by atoms with Gasteiger partial charge >= 0.3 is 6.18 Å². The topological polar surface area (TPSA) is 20.2 Å². The summed E-state index contributed by atoms with van der Waals surface area (Å²) in [5, 5.41) is 10.2. The molecule has 0 bridgehead atoms. The quantitative estimate of drug-likeness (QED) is 0.828. The van der Waals surface area contributed by atoms with Crippen LogP contribution in [0.25, 0.3) is 0 Å². The summed E-state index contributed by atoms with van der Waals surface area (Å²) in [7, 11) is 0. The molecule has 0 fully saturated rings. The van der Waals surface area contributed by atoms with E-state index in [2.05, 4.69) is 0 Å². The number of benzene rings is 2. The van der Waals surface area contributed by atoms with Gasteiger partial charge < -0.3 is 5.11 Å². The highest BCUT2D eigenvalue weighted by molar-refractivity contribution is 5.38. The van der Waals surface area contributed by atoms with E-state index in [0.29, 0.717) is 11.6 Å². The molecule has 0 aliphatic carbocycles. The van der Waals surface area contributed by atoms with Gasteiger partial charge in [0.1, 0.15) is 11.9 Å². The molecule has 5 heteroatoms. The molecule has 0 radical (unpaired) electrons. The largest absolute Gasteiger partial charge is 0.416 e. The molecule has 21 heavy (non-hydrogen) atoms. The van der Waals surface area contributed by atoms with Gasteiger partial charge in [-0.15, -0.1) is 0 Å². The van der Waals surface area contributed by atoms with Crippen molar-refractivity contribution in [1.82, 2.24) is 0 Å². The van der Waals surface area contributed by atoms with Gasteiger partial charge in [0.2, 0.25) is 0 Å². The molecule has 1 N–H and O–H groups in total. The number of hydrogen-bond donors (Lipinski definition) is 1. The summed E-state index contributed by atoms with van der Waals surface area (Å²) in [5.74, 6) is -0.986. The summed E-state index contributed by atoms with van der Waals surface area (Å²) in [4.78, 5) is 0. The zero-order chi connectivity index (χ0) is 15.6. The maximum absolute atomic E-state index is 13.1. The van der Waals surface area contributed by atoms with Gasteiger partial charge in [0, 0.05) is 0 Å². The highest BCUT2D eigenvalue weighted by atomic mass is 19.4. The number of rotatable bonds is 3. The highest BCUT2D eigenvalue weighted by Gasteiger charge is 2.35. The molecule has 0 heterocycles. The van der Waals surface area contributed by atoms with Crippen molar-refractivity contribution in [3.63, 3.8) is 0 Å². The number of aryl methyl sites for hydroxylation is 1. The lowest BCUT2D eigenvalue weighted by atomic mass is 9.95. The van der Waals surface area contributed by atoms with Crippen molar-refractivity contribution < 1.29 is 22.7 Å². The molecule has 0 spiro atoms. The van der Waals surface area contributed by atoms with Crippen LogP contribution in [0.15, 0.2) is 42.5 Å². The van der Waals surface area contributed by atoms with Crippen molar-refractivity contribution in [3.8, 4) is 0 Å². The Morgan fingerprint density at radius 1 is 1.05 bits per heavy atom. The van der Waals surface area contributed by atoms with Gasteiger partial charge in [-0.1, -0.05) is 37.3 Å². The Morgan fingerprint density at radius 2 is 1.67 bits per heavy atom. The summed E-state index contributed by atoms with van der Waals surface area (Å²) in [6.45, 7) is 1.95. The van der Waals surface area contributed by atoms with E-state index < -0.39 is 23.7 Å². The standard InChI is InChI=1S/C16H14F4O/c1-2-10-3-5-11(6-4-10)15(21)13-8-7-12(17)9-14(13)16(18,19)20/h3-9,15,21H,2H2,1H3. The average molecular weight is 298 g/mol. The SMILES string of the molecule is CCc1ccc(C(O)c2ccc(F)cc2C(F)(F)F)cc1. The van der Waals surface area contributed by atoms with Crippen LogP contribution in [-0.2, 0) is 12.6 Å². The molecule has 0 aliphatic heterocycles. The Morgan fingerprint density at radius 3 is 2.19 bits per heavy atom. The fraction of sp³-hybridized carbons (Fsp3) is 0.250. The van der Waals surface area contributed by atoms with Crippen LogP contribution in [0.5, 0.6) is 0 Å². The molecule has 1 nitrogen and oxygen atoms in total. The summed E-state index contributed by atoms with van der Waals surface area (Å²) < 4.78 is 51.9. The van der Waals surface area contributed by atoms with E-state index in [4.69, 9.17) is 0 Å². The zero-order valence-corrected chi connectivity index (χ0v) is 11.3. The van der Waals surface area contributed by atoms with E-state index in [1.54, 1.807) is 24.3 Å². The first kappa shape index (κ1) is 15.5. The fourth-order valence-electron chi connectivity index (χ4n) is 2.13. The van der Waals surface area contributed by atoms with Gasteiger partial charge in [0.15, 0.2) is 0 Å². The molecular formula is C16H14F4O. The monoisotopic (exact) mass is 298 g/mol. The Bertz CT molecular complexity index is 617. The van der Waals surface area contributed by atoms with Gasteiger partial charge in [-0.2, -0.15) is 13.2 Å². The van der Waals surface area contributed by atoms with Crippen molar-refractivity contribution in [2.45, 2.75) is 25.6 Å². The molecule has 112 valence electrons. The summed E-state index contributed by atoms with van der Waals surface area (Å²) >= 11 is 0. The van der Waals surface area contributed by atoms with Crippen LogP contribution in [0, 0.1) is 5.82 Å². The maximum atomic E-state index is 13.1. The molecule has 0 amide bonds. The molecular weight excluding hydrogens is 284 g/mol. The molecule has 2 aromatic rings. The van der Waals surface area contributed by atoms with Crippen LogP contribution in [0.3, 0.4) is 0 Å². The van der Waals surface area contributed by atoms with Gasteiger partial charge in [0.25, 0.3) is 0 Å². The third kappa shape index (κ3) is 3.42. The summed E-state index contributed by atoms with van der Waals surface area (Å²) in [6.07, 6.45) is -5.38. The average Bonchev–Trinajstić information content (AvgIpc) is 2.45. The maximum Gasteiger partial charge on any atom is 0.416 e. The minimum absolute atomic E-state index is 0.337. The third-order valence-electron chi connectivity index (χ3n) is 3.32. The van der Waals surface area contributed by atoms with E-state index in [9.17, 15) is 22.7 Å².